The van der Waals surface area contributed by atoms with Gasteiger partial charge < -0.3 is 9.73 Å². The van der Waals surface area contributed by atoms with Gasteiger partial charge in [0.1, 0.15) is 11.3 Å². The van der Waals surface area contributed by atoms with Gasteiger partial charge in [-0.2, -0.15) is 0 Å². The number of hydrogen-bond donors (Lipinski definition) is 1. The third kappa shape index (κ3) is 2.42. The summed E-state index contributed by atoms with van der Waals surface area (Å²) in [5.74, 6) is 1.88. The molecule has 0 radical (unpaired) electrons. The average Bonchev–Trinajstić information content (AvgIpc) is 2.96. The van der Waals surface area contributed by atoms with Crippen LogP contribution in [-0.2, 0) is 6.54 Å². The molecule has 0 bridgehead atoms. The molecule has 2 aromatic rings. The summed E-state index contributed by atoms with van der Waals surface area (Å²) >= 11 is 0. The molecule has 0 saturated carbocycles. The minimum absolute atomic E-state index is 0.791. The number of likely N-dealkylation sites (tertiary alicyclic amines) is 1. The van der Waals surface area contributed by atoms with Crippen molar-refractivity contribution in [2.45, 2.75) is 13.0 Å². The molecule has 1 unspecified atom stereocenters. The van der Waals surface area contributed by atoms with Crippen molar-refractivity contribution < 1.29 is 4.42 Å². The molecule has 3 heteroatoms. The maximum atomic E-state index is 5.87. The molecule has 3 nitrogen and oxygen atoms in total. The zero-order valence-corrected chi connectivity index (χ0v) is 10.9. The van der Waals surface area contributed by atoms with E-state index in [0.29, 0.717) is 0 Å². The van der Waals surface area contributed by atoms with Gasteiger partial charge in [-0.1, -0.05) is 18.2 Å². The fourth-order valence-electron chi connectivity index (χ4n) is 2.85. The van der Waals surface area contributed by atoms with Crippen molar-refractivity contribution in [3.63, 3.8) is 0 Å². The van der Waals surface area contributed by atoms with Crippen molar-refractivity contribution in [1.29, 1.82) is 0 Å². The van der Waals surface area contributed by atoms with Gasteiger partial charge in [-0.25, -0.2) is 0 Å². The van der Waals surface area contributed by atoms with Gasteiger partial charge in [-0.3, -0.25) is 4.90 Å². The van der Waals surface area contributed by atoms with Crippen molar-refractivity contribution in [1.82, 2.24) is 10.2 Å². The Hall–Kier alpha value is -1.32. The van der Waals surface area contributed by atoms with Gasteiger partial charge in [0.2, 0.25) is 0 Å². The van der Waals surface area contributed by atoms with Crippen molar-refractivity contribution in [3.05, 3.63) is 36.1 Å². The van der Waals surface area contributed by atoms with Crippen LogP contribution in [0, 0.1) is 5.92 Å². The first-order chi connectivity index (χ1) is 8.85. The summed E-state index contributed by atoms with van der Waals surface area (Å²) in [5.41, 5.74) is 0.999. The number of benzene rings is 1. The minimum atomic E-state index is 0.791. The minimum Gasteiger partial charge on any atom is -0.460 e. The number of fused-ring (bicyclic) bond motifs is 1. The van der Waals surface area contributed by atoms with Gasteiger partial charge in [0, 0.05) is 11.9 Å². The van der Waals surface area contributed by atoms with Crippen LogP contribution in [0.5, 0.6) is 0 Å². The van der Waals surface area contributed by atoms with Crippen molar-refractivity contribution in [3.8, 4) is 0 Å². The summed E-state index contributed by atoms with van der Waals surface area (Å²) in [4.78, 5) is 2.49. The third-order valence-electron chi connectivity index (χ3n) is 3.72. The Morgan fingerprint density at radius 3 is 3.11 bits per heavy atom. The maximum absolute atomic E-state index is 5.87. The molecule has 1 fully saturated rings. The van der Waals surface area contributed by atoms with E-state index in [4.69, 9.17) is 4.42 Å². The van der Waals surface area contributed by atoms with Crippen molar-refractivity contribution >= 4 is 11.0 Å². The first kappa shape index (κ1) is 11.8. The zero-order chi connectivity index (χ0) is 12.4. The Balaban J connectivity index is 1.66. The van der Waals surface area contributed by atoms with Crippen LogP contribution in [0.4, 0.5) is 0 Å². The molecule has 1 N–H and O–H groups in total. The average molecular weight is 244 g/mol. The first-order valence-corrected chi connectivity index (χ1v) is 6.69. The fraction of sp³-hybridized carbons (Fsp3) is 0.467. The summed E-state index contributed by atoms with van der Waals surface area (Å²) in [7, 11) is 2.03. The summed E-state index contributed by atoms with van der Waals surface area (Å²) in [6, 6.07) is 10.4. The largest absolute Gasteiger partial charge is 0.460 e. The smallest absolute Gasteiger partial charge is 0.134 e. The second kappa shape index (κ2) is 5.12. The molecular formula is C15H20N2O. The summed E-state index contributed by atoms with van der Waals surface area (Å²) in [6.45, 7) is 4.42. The molecule has 1 atom stereocenters. The molecule has 96 valence electrons. The van der Waals surface area contributed by atoms with E-state index in [-0.39, 0.29) is 0 Å². The number of nitrogens with zero attached hydrogens (tertiary/aromatic N) is 1. The molecule has 0 aliphatic carbocycles. The predicted molar refractivity (Wildman–Crippen MR) is 73.5 cm³/mol. The first-order valence-electron chi connectivity index (χ1n) is 6.69. The number of hydrogen-bond acceptors (Lipinski definition) is 3. The van der Waals surface area contributed by atoms with Gasteiger partial charge in [0.05, 0.1) is 6.54 Å². The lowest BCUT2D eigenvalue weighted by molar-refractivity contribution is 0.289. The van der Waals surface area contributed by atoms with Gasteiger partial charge in [0.15, 0.2) is 0 Å². The van der Waals surface area contributed by atoms with E-state index >= 15 is 0 Å². The van der Waals surface area contributed by atoms with E-state index in [9.17, 15) is 0 Å². The lowest BCUT2D eigenvalue weighted by Crippen LogP contribution is -2.24. The molecular weight excluding hydrogens is 224 g/mol. The lowest BCUT2D eigenvalue weighted by atomic mass is 10.1. The summed E-state index contributed by atoms with van der Waals surface area (Å²) < 4.78 is 5.87. The van der Waals surface area contributed by atoms with E-state index in [1.165, 1.54) is 24.9 Å². The van der Waals surface area contributed by atoms with Crippen molar-refractivity contribution in [2.24, 2.45) is 5.92 Å². The van der Waals surface area contributed by atoms with Crippen molar-refractivity contribution in [2.75, 3.05) is 26.7 Å². The standard InChI is InChI=1S/C15H20N2O/c1-16-9-12-6-7-17(10-12)11-14-8-13-4-2-3-5-15(13)18-14/h2-5,8,12,16H,6-7,9-11H2,1H3. The molecule has 1 aromatic heterocycles. The van der Waals surface area contributed by atoms with Crippen LogP contribution in [-0.4, -0.2) is 31.6 Å². The van der Waals surface area contributed by atoms with Crippen LogP contribution in [0.25, 0.3) is 11.0 Å². The SMILES string of the molecule is CNCC1CCN(Cc2cc3ccccc3o2)C1. The summed E-state index contributed by atoms with van der Waals surface area (Å²) in [5, 5.41) is 4.47. The highest BCUT2D eigenvalue weighted by atomic mass is 16.3. The second-order valence-corrected chi connectivity index (χ2v) is 5.20. The van der Waals surface area contributed by atoms with E-state index < -0.39 is 0 Å². The fourth-order valence-corrected chi connectivity index (χ4v) is 2.85. The predicted octanol–water partition coefficient (Wildman–Crippen LogP) is 2.47. The van der Waals surface area contributed by atoms with Crippen LogP contribution in [0.15, 0.2) is 34.7 Å². The molecule has 1 saturated heterocycles. The second-order valence-electron chi connectivity index (χ2n) is 5.20. The zero-order valence-electron chi connectivity index (χ0n) is 10.9. The third-order valence-corrected chi connectivity index (χ3v) is 3.72. The molecule has 18 heavy (non-hydrogen) atoms. The molecule has 2 heterocycles. The Labute approximate surface area is 108 Å². The molecule has 1 aliphatic heterocycles. The monoisotopic (exact) mass is 244 g/mol. The van der Waals surface area contributed by atoms with Gasteiger partial charge in [-0.15, -0.1) is 0 Å². The van der Waals surface area contributed by atoms with Gasteiger partial charge >= 0.3 is 0 Å². The Bertz CT molecular complexity index is 487. The van der Waals surface area contributed by atoms with Gasteiger partial charge in [0.25, 0.3) is 0 Å². The Morgan fingerprint density at radius 2 is 2.28 bits per heavy atom. The number of furan rings is 1. The summed E-state index contributed by atoms with van der Waals surface area (Å²) in [6.07, 6.45) is 1.29. The molecule has 0 spiro atoms. The van der Waals surface area contributed by atoms with E-state index in [2.05, 4.69) is 28.4 Å². The van der Waals surface area contributed by atoms with E-state index in [1.807, 2.05) is 19.2 Å². The number of para-hydroxylation sites is 1. The van der Waals surface area contributed by atoms with Crippen LogP contribution >= 0.6 is 0 Å². The van der Waals surface area contributed by atoms with Crippen LogP contribution < -0.4 is 5.32 Å². The van der Waals surface area contributed by atoms with Gasteiger partial charge in [-0.05, 0) is 44.6 Å². The molecule has 0 amide bonds. The highest BCUT2D eigenvalue weighted by molar-refractivity contribution is 5.77. The molecule has 3 rings (SSSR count). The maximum Gasteiger partial charge on any atom is 0.134 e. The highest BCUT2D eigenvalue weighted by Crippen LogP contribution is 2.23. The quantitative estimate of drug-likeness (QED) is 0.895. The Kier molecular flexibility index (Phi) is 3.35. The Morgan fingerprint density at radius 1 is 1.39 bits per heavy atom. The topological polar surface area (TPSA) is 28.4 Å². The van der Waals surface area contributed by atoms with E-state index in [1.54, 1.807) is 0 Å². The number of rotatable bonds is 4. The number of nitrogens with one attached hydrogen (secondary N) is 1. The highest BCUT2D eigenvalue weighted by Gasteiger charge is 2.22. The van der Waals surface area contributed by atoms with Crippen LogP contribution in [0.1, 0.15) is 12.2 Å². The lowest BCUT2D eigenvalue weighted by Gasteiger charge is -2.14. The molecule has 1 aliphatic rings. The van der Waals surface area contributed by atoms with E-state index in [0.717, 1.165) is 30.4 Å². The normalized spacial score (nSPS) is 20.8. The molecule has 1 aromatic carbocycles. The van der Waals surface area contributed by atoms with Crippen LogP contribution in [0.3, 0.4) is 0 Å². The van der Waals surface area contributed by atoms with Crippen LogP contribution in [0.2, 0.25) is 0 Å².